The molecular formula is C15H23N3O2. The average Bonchev–Trinajstić information content (AvgIpc) is 2.40. The Hall–Kier alpha value is -1.65. The number of aryl methyl sites for hydroxylation is 1. The van der Waals surface area contributed by atoms with E-state index in [1.807, 2.05) is 0 Å². The van der Waals surface area contributed by atoms with Crippen LogP contribution in [0.25, 0.3) is 0 Å². The smallest absolute Gasteiger partial charge is 0.354 e. The van der Waals surface area contributed by atoms with Crippen molar-refractivity contribution in [1.29, 1.82) is 0 Å². The van der Waals surface area contributed by atoms with E-state index in [-0.39, 0.29) is 5.69 Å². The highest BCUT2D eigenvalue weighted by Gasteiger charge is 2.21. The van der Waals surface area contributed by atoms with E-state index in [0.29, 0.717) is 17.7 Å². The van der Waals surface area contributed by atoms with Crippen LogP contribution in [-0.2, 0) is 0 Å². The highest BCUT2D eigenvalue weighted by atomic mass is 16.4. The molecule has 1 aromatic rings. The van der Waals surface area contributed by atoms with Gasteiger partial charge in [-0.2, -0.15) is 0 Å². The minimum atomic E-state index is -1.01. The second kappa shape index (κ2) is 6.68. The third-order valence-electron chi connectivity index (χ3n) is 3.95. The normalized spacial score (nSPS) is 22.5. The zero-order chi connectivity index (χ0) is 14.5. The lowest BCUT2D eigenvalue weighted by molar-refractivity contribution is 0.0690. The third kappa shape index (κ3) is 3.92. The maximum absolute atomic E-state index is 11.0. The van der Waals surface area contributed by atoms with Crippen LogP contribution in [0.4, 0.5) is 5.95 Å². The maximum atomic E-state index is 11.0. The Labute approximate surface area is 119 Å². The molecule has 2 N–H and O–H groups in total. The standard InChI is InChI=1S/C15H23N3O2/c1-3-4-11-5-7-12(8-6-11)17-15-16-10(2)9-13(18-15)14(19)20/h9,11-12H,3-8H2,1-2H3,(H,19,20)(H,16,17,18). The molecule has 0 saturated heterocycles. The fourth-order valence-electron chi connectivity index (χ4n) is 2.93. The van der Waals surface area contributed by atoms with Crippen molar-refractivity contribution in [1.82, 2.24) is 9.97 Å². The topological polar surface area (TPSA) is 75.1 Å². The van der Waals surface area contributed by atoms with Gasteiger partial charge < -0.3 is 10.4 Å². The Kier molecular flexibility index (Phi) is 4.93. The summed E-state index contributed by atoms with van der Waals surface area (Å²) in [4.78, 5) is 19.3. The van der Waals surface area contributed by atoms with Gasteiger partial charge in [-0.3, -0.25) is 0 Å². The molecule has 0 aromatic carbocycles. The van der Waals surface area contributed by atoms with E-state index < -0.39 is 5.97 Å². The highest BCUT2D eigenvalue weighted by molar-refractivity contribution is 5.85. The molecule has 5 nitrogen and oxygen atoms in total. The largest absolute Gasteiger partial charge is 0.477 e. The molecule has 0 atom stereocenters. The number of aromatic nitrogens is 2. The van der Waals surface area contributed by atoms with Crippen LogP contribution < -0.4 is 5.32 Å². The first-order valence-corrected chi connectivity index (χ1v) is 7.44. The minimum absolute atomic E-state index is 0.0552. The first kappa shape index (κ1) is 14.8. The Morgan fingerprint density at radius 3 is 2.65 bits per heavy atom. The Morgan fingerprint density at radius 2 is 2.05 bits per heavy atom. The van der Waals surface area contributed by atoms with E-state index in [1.54, 1.807) is 6.92 Å². The fourth-order valence-corrected chi connectivity index (χ4v) is 2.93. The van der Waals surface area contributed by atoms with Gasteiger partial charge in [0.2, 0.25) is 5.95 Å². The zero-order valence-corrected chi connectivity index (χ0v) is 12.2. The number of carboxylic acids is 1. The van der Waals surface area contributed by atoms with Gasteiger partial charge in [-0.1, -0.05) is 19.8 Å². The molecule has 5 heteroatoms. The third-order valence-corrected chi connectivity index (χ3v) is 3.95. The van der Waals surface area contributed by atoms with Crippen LogP contribution >= 0.6 is 0 Å². The van der Waals surface area contributed by atoms with E-state index >= 15 is 0 Å². The molecule has 0 bridgehead atoms. The van der Waals surface area contributed by atoms with Gasteiger partial charge in [0.25, 0.3) is 0 Å². The number of carbonyl (C=O) groups is 1. The van der Waals surface area contributed by atoms with Gasteiger partial charge in [0.15, 0.2) is 5.69 Å². The van der Waals surface area contributed by atoms with Crippen LogP contribution in [0.3, 0.4) is 0 Å². The van der Waals surface area contributed by atoms with Gasteiger partial charge >= 0.3 is 5.97 Å². The van der Waals surface area contributed by atoms with Crippen LogP contribution in [-0.4, -0.2) is 27.1 Å². The summed E-state index contributed by atoms with van der Waals surface area (Å²) in [6.45, 7) is 4.02. The number of rotatable bonds is 5. The molecule has 0 spiro atoms. The number of aromatic carboxylic acids is 1. The molecule has 20 heavy (non-hydrogen) atoms. The first-order valence-electron chi connectivity index (χ1n) is 7.44. The summed E-state index contributed by atoms with van der Waals surface area (Å²) < 4.78 is 0. The Morgan fingerprint density at radius 1 is 1.35 bits per heavy atom. The second-order valence-corrected chi connectivity index (χ2v) is 5.67. The van der Waals surface area contributed by atoms with E-state index in [2.05, 4.69) is 22.2 Å². The molecule has 1 heterocycles. The number of nitrogens with one attached hydrogen (secondary N) is 1. The molecule has 0 aliphatic heterocycles. The van der Waals surface area contributed by atoms with Gasteiger partial charge in [-0.05, 0) is 44.6 Å². The van der Waals surface area contributed by atoms with E-state index in [1.165, 1.54) is 31.7 Å². The van der Waals surface area contributed by atoms with Gasteiger partial charge in [0, 0.05) is 11.7 Å². The predicted molar refractivity (Wildman–Crippen MR) is 78.0 cm³/mol. The summed E-state index contributed by atoms with van der Waals surface area (Å²) in [7, 11) is 0. The van der Waals surface area contributed by atoms with Crippen molar-refractivity contribution in [3.63, 3.8) is 0 Å². The molecule has 1 saturated carbocycles. The number of hydrogen-bond acceptors (Lipinski definition) is 4. The van der Waals surface area contributed by atoms with E-state index in [9.17, 15) is 4.79 Å². The van der Waals surface area contributed by atoms with Crippen LogP contribution in [0, 0.1) is 12.8 Å². The minimum Gasteiger partial charge on any atom is -0.477 e. The Bertz CT molecular complexity index is 468. The molecule has 0 unspecified atom stereocenters. The van der Waals surface area contributed by atoms with Crippen molar-refractivity contribution in [2.24, 2.45) is 5.92 Å². The van der Waals surface area contributed by atoms with Crippen molar-refractivity contribution in [3.05, 3.63) is 17.5 Å². The van der Waals surface area contributed by atoms with Gasteiger partial charge in [-0.15, -0.1) is 0 Å². The summed E-state index contributed by atoms with van der Waals surface area (Å²) in [5, 5.41) is 12.3. The van der Waals surface area contributed by atoms with Crippen LogP contribution in [0.2, 0.25) is 0 Å². The second-order valence-electron chi connectivity index (χ2n) is 5.67. The maximum Gasteiger partial charge on any atom is 0.354 e. The average molecular weight is 277 g/mol. The SMILES string of the molecule is CCCC1CCC(Nc2nc(C)cc(C(=O)O)n2)CC1. The lowest BCUT2D eigenvalue weighted by Crippen LogP contribution is -2.27. The number of hydrogen-bond donors (Lipinski definition) is 2. The molecular weight excluding hydrogens is 254 g/mol. The zero-order valence-electron chi connectivity index (χ0n) is 12.2. The van der Waals surface area contributed by atoms with Gasteiger partial charge in [0.05, 0.1) is 0 Å². The number of carboxylic acid groups (broad SMARTS) is 1. The fraction of sp³-hybridized carbons (Fsp3) is 0.667. The molecule has 1 aliphatic carbocycles. The van der Waals surface area contributed by atoms with Crippen molar-refractivity contribution < 1.29 is 9.90 Å². The number of nitrogens with zero attached hydrogens (tertiary/aromatic N) is 2. The van der Waals surface area contributed by atoms with Gasteiger partial charge in [-0.25, -0.2) is 14.8 Å². The number of anilines is 1. The first-order chi connectivity index (χ1) is 9.58. The molecule has 1 fully saturated rings. The van der Waals surface area contributed by atoms with Crippen LogP contribution in [0.5, 0.6) is 0 Å². The molecule has 0 radical (unpaired) electrons. The van der Waals surface area contributed by atoms with E-state index in [0.717, 1.165) is 18.8 Å². The summed E-state index contributed by atoms with van der Waals surface area (Å²) in [5.74, 6) is 0.289. The van der Waals surface area contributed by atoms with Crippen molar-refractivity contribution in [2.75, 3.05) is 5.32 Å². The van der Waals surface area contributed by atoms with Crippen LogP contribution in [0.1, 0.15) is 61.6 Å². The quantitative estimate of drug-likeness (QED) is 0.864. The lowest BCUT2D eigenvalue weighted by Gasteiger charge is -2.29. The molecule has 0 amide bonds. The van der Waals surface area contributed by atoms with Gasteiger partial charge in [0.1, 0.15) is 0 Å². The molecule has 1 aromatic heterocycles. The summed E-state index contributed by atoms with van der Waals surface area (Å²) >= 11 is 0. The summed E-state index contributed by atoms with van der Waals surface area (Å²) in [6.07, 6.45) is 7.28. The lowest BCUT2D eigenvalue weighted by atomic mass is 9.83. The molecule has 110 valence electrons. The van der Waals surface area contributed by atoms with Crippen molar-refractivity contribution in [2.45, 2.75) is 58.4 Å². The van der Waals surface area contributed by atoms with Crippen molar-refractivity contribution >= 4 is 11.9 Å². The monoisotopic (exact) mass is 277 g/mol. The van der Waals surface area contributed by atoms with Crippen molar-refractivity contribution in [3.8, 4) is 0 Å². The molecule has 2 rings (SSSR count). The Balaban J connectivity index is 1.96. The van der Waals surface area contributed by atoms with Crippen LogP contribution in [0.15, 0.2) is 6.07 Å². The van der Waals surface area contributed by atoms with E-state index in [4.69, 9.17) is 5.11 Å². The summed E-state index contributed by atoms with van der Waals surface area (Å²) in [6, 6.07) is 1.86. The highest BCUT2D eigenvalue weighted by Crippen LogP contribution is 2.29. The summed E-state index contributed by atoms with van der Waals surface area (Å²) in [5.41, 5.74) is 0.735. The molecule has 1 aliphatic rings. The predicted octanol–water partition coefficient (Wildman–Crippen LogP) is 3.25.